The molecule has 1 aliphatic heterocycles. The first kappa shape index (κ1) is 23.5. The second-order valence-corrected chi connectivity index (χ2v) is 9.09. The molecule has 0 bridgehead atoms. The molecule has 3 nitrogen and oxygen atoms in total. The summed E-state index contributed by atoms with van der Waals surface area (Å²) in [6.07, 6.45) is 2.82. The molecule has 1 fully saturated rings. The highest BCUT2D eigenvalue weighted by atomic mass is 19.1. The molecule has 0 saturated carbocycles. The molecule has 1 saturated heterocycles. The first-order chi connectivity index (χ1) is 17.1. The van der Waals surface area contributed by atoms with Crippen LogP contribution in [0.25, 0.3) is 21.9 Å². The fourth-order valence-corrected chi connectivity index (χ4v) is 4.92. The van der Waals surface area contributed by atoms with Crippen molar-refractivity contribution in [2.45, 2.75) is 25.4 Å². The maximum atomic E-state index is 14.7. The highest BCUT2D eigenvalue weighted by molar-refractivity contribution is 5.92. The second kappa shape index (κ2) is 10.5. The number of ether oxygens (including phenoxy) is 1. The summed E-state index contributed by atoms with van der Waals surface area (Å²) in [5, 5.41) is 13.2. The van der Waals surface area contributed by atoms with E-state index in [9.17, 15) is 13.9 Å². The van der Waals surface area contributed by atoms with Crippen LogP contribution in [-0.2, 0) is 0 Å². The molecule has 0 amide bonds. The molecule has 1 atom stereocenters. The van der Waals surface area contributed by atoms with E-state index in [1.165, 1.54) is 31.4 Å². The number of benzene rings is 4. The van der Waals surface area contributed by atoms with E-state index in [1.54, 1.807) is 6.07 Å². The molecule has 4 aromatic carbocycles. The molecule has 1 aliphatic rings. The van der Waals surface area contributed by atoms with Gasteiger partial charge >= 0.3 is 0 Å². The van der Waals surface area contributed by atoms with Crippen LogP contribution < -0.4 is 4.74 Å². The van der Waals surface area contributed by atoms with Crippen molar-refractivity contribution in [3.63, 3.8) is 0 Å². The molecule has 5 heteroatoms. The van der Waals surface area contributed by atoms with Crippen LogP contribution in [0.1, 0.15) is 36.5 Å². The Hall–Kier alpha value is -3.28. The largest absolute Gasteiger partial charge is 0.492 e. The van der Waals surface area contributed by atoms with Gasteiger partial charge in [0.1, 0.15) is 30.1 Å². The van der Waals surface area contributed by atoms with Crippen LogP contribution in [0.3, 0.4) is 0 Å². The minimum atomic E-state index is -0.997. The highest BCUT2D eigenvalue weighted by Gasteiger charge is 2.21. The van der Waals surface area contributed by atoms with E-state index in [0.717, 1.165) is 42.2 Å². The number of nitrogens with zero attached hydrogens (tertiary/aromatic N) is 1. The number of piperidine rings is 1. The Morgan fingerprint density at radius 1 is 0.829 bits per heavy atom. The smallest absolute Gasteiger partial charge is 0.133 e. The van der Waals surface area contributed by atoms with Gasteiger partial charge in [0.25, 0.3) is 0 Å². The van der Waals surface area contributed by atoms with Gasteiger partial charge in [-0.05, 0) is 72.1 Å². The van der Waals surface area contributed by atoms with Crippen LogP contribution in [-0.4, -0.2) is 36.2 Å². The highest BCUT2D eigenvalue weighted by Crippen LogP contribution is 2.38. The predicted molar refractivity (Wildman–Crippen MR) is 136 cm³/mol. The van der Waals surface area contributed by atoms with Gasteiger partial charge in [0.2, 0.25) is 0 Å². The van der Waals surface area contributed by atoms with Gasteiger partial charge in [0, 0.05) is 23.7 Å². The van der Waals surface area contributed by atoms with Crippen molar-refractivity contribution in [3.05, 3.63) is 102 Å². The molecule has 0 aromatic heterocycles. The lowest BCUT2D eigenvalue weighted by Gasteiger charge is -2.26. The van der Waals surface area contributed by atoms with E-state index < -0.39 is 17.7 Å². The standard InChI is InChI=1S/C30H29F2NO2/c31-23-11-15-26(28(32)20-23)27-14-10-21-6-2-3-7-25(21)29(27)30(34)22-8-12-24(13-9-22)35-19-18-33-16-4-1-5-17-33/h2-3,6-15,20,30,34H,1,4-5,16-19H2. The van der Waals surface area contributed by atoms with E-state index in [4.69, 9.17) is 4.74 Å². The molecule has 0 spiro atoms. The number of hydrogen-bond acceptors (Lipinski definition) is 3. The Morgan fingerprint density at radius 2 is 1.57 bits per heavy atom. The average molecular weight is 474 g/mol. The van der Waals surface area contributed by atoms with E-state index in [-0.39, 0.29) is 5.56 Å². The molecule has 1 N–H and O–H groups in total. The van der Waals surface area contributed by atoms with Gasteiger partial charge in [-0.3, -0.25) is 4.90 Å². The molecule has 1 unspecified atom stereocenters. The van der Waals surface area contributed by atoms with E-state index in [0.29, 0.717) is 23.3 Å². The van der Waals surface area contributed by atoms with Crippen LogP contribution >= 0.6 is 0 Å². The molecule has 1 heterocycles. The molecule has 35 heavy (non-hydrogen) atoms. The molecule has 0 radical (unpaired) electrons. The Labute approximate surface area is 204 Å². The van der Waals surface area contributed by atoms with Crippen LogP contribution in [0.5, 0.6) is 5.75 Å². The van der Waals surface area contributed by atoms with E-state index >= 15 is 0 Å². The van der Waals surface area contributed by atoms with Crippen molar-refractivity contribution in [1.82, 2.24) is 4.90 Å². The lowest BCUT2D eigenvalue weighted by molar-refractivity contribution is 0.183. The van der Waals surface area contributed by atoms with Gasteiger partial charge in [-0.25, -0.2) is 8.78 Å². The average Bonchev–Trinajstić information content (AvgIpc) is 2.89. The SMILES string of the molecule is OC(c1ccc(OCCN2CCCCC2)cc1)c1c(-c2ccc(F)cc2F)ccc2ccccc12. The second-order valence-electron chi connectivity index (χ2n) is 9.09. The first-order valence-corrected chi connectivity index (χ1v) is 12.2. The predicted octanol–water partition coefficient (Wildman–Crippen LogP) is 6.73. The van der Waals surface area contributed by atoms with Gasteiger partial charge in [0.15, 0.2) is 0 Å². The molecular formula is C30H29F2NO2. The summed E-state index contributed by atoms with van der Waals surface area (Å²) < 4.78 is 34.2. The summed E-state index contributed by atoms with van der Waals surface area (Å²) in [6.45, 7) is 3.80. The number of fused-ring (bicyclic) bond motifs is 1. The fourth-order valence-electron chi connectivity index (χ4n) is 4.92. The zero-order valence-corrected chi connectivity index (χ0v) is 19.6. The summed E-state index contributed by atoms with van der Waals surface area (Å²) >= 11 is 0. The van der Waals surface area contributed by atoms with Crippen molar-refractivity contribution in [2.24, 2.45) is 0 Å². The maximum absolute atomic E-state index is 14.7. The van der Waals surface area contributed by atoms with Crippen molar-refractivity contribution >= 4 is 10.8 Å². The number of aliphatic hydroxyl groups is 1. The molecule has 0 aliphatic carbocycles. The minimum absolute atomic E-state index is 0.254. The molecule has 5 rings (SSSR count). The zero-order valence-electron chi connectivity index (χ0n) is 19.6. The van der Waals surface area contributed by atoms with E-state index in [2.05, 4.69) is 4.90 Å². The van der Waals surface area contributed by atoms with Gasteiger partial charge in [0.05, 0.1) is 0 Å². The van der Waals surface area contributed by atoms with Crippen LogP contribution in [0, 0.1) is 11.6 Å². The monoisotopic (exact) mass is 473 g/mol. The van der Waals surface area contributed by atoms with E-state index in [1.807, 2.05) is 54.6 Å². The maximum Gasteiger partial charge on any atom is 0.133 e. The van der Waals surface area contributed by atoms with Crippen molar-refractivity contribution in [2.75, 3.05) is 26.2 Å². The Kier molecular flexibility index (Phi) is 7.07. The van der Waals surface area contributed by atoms with Crippen molar-refractivity contribution in [1.29, 1.82) is 0 Å². The molecular weight excluding hydrogens is 444 g/mol. The van der Waals surface area contributed by atoms with Crippen LogP contribution in [0.2, 0.25) is 0 Å². The van der Waals surface area contributed by atoms with Crippen molar-refractivity contribution in [3.8, 4) is 16.9 Å². The van der Waals surface area contributed by atoms with Crippen LogP contribution in [0.15, 0.2) is 78.9 Å². The number of rotatable bonds is 7. The van der Waals surface area contributed by atoms with Gasteiger partial charge < -0.3 is 9.84 Å². The summed E-state index contributed by atoms with van der Waals surface area (Å²) in [6, 6.07) is 22.3. The molecule has 4 aromatic rings. The third-order valence-electron chi connectivity index (χ3n) is 6.79. The minimum Gasteiger partial charge on any atom is -0.492 e. The lowest BCUT2D eigenvalue weighted by Crippen LogP contribution is -2.33. The summed E-state index contributed by atoms with van der Waals surface area (Å²) in [5.74, 6) is -0.545. The topological polar surface area (TPSA) is 32.7 Å². The third kappa shape index (κ3) is 5.21. The number of aliphatic hydroxyl groups excluding tert-OH is 1. The zero-order chi connectivity index (χ0) is 24.2. The Morgan fingerprint density at radius 3 is 2.34 bits per heavy atom. The number of hydrogen-bond donors (Lipinski definition) is 1. The number of halogens is 2. The van der Waals surface area contributed by atoms with Gasteiger partial charge in [-0.15, -0.1) is 0 Å². The summed E-state index contributed by atoms with van der Waals surface area (Å²) in [7, 11) is 0. The molecule has 180 valence electrons. The Bertz CT molecular complexity index is 1300. The first-order valence-electron chi connectivity index (χ1n) is 12.2. The van der Waals surface area contributed by atoms with Gasteiger partial charge in [-0.1, -0.05) is 55.0 Å². The quantitative estimate of drug-likeness (QED) is 0.323. The Balaban J connectivity index is 1.42. The lowest BCUT2D eigenvalue weighted by atomic mass is 9.88. The summed E-state index contributed by atoms with van der Waals surface area (Å²) in [4.78, 5) is 2.43. The normalized spacial score (nSPS) is 15.3. The number of likely N-dealkylation sites (tertiary alicyclic amines) is 1. The third-order valence-corrected chi connectivity index (χ3v) is 6.79. The van der Waals surface area contributed by atoms with Crippen molar-refractivity contribution < 1.29 is 18.6 Å². The van der Waals surface area contributed by atoms with Crippen LogP contribution in [0.4, 0.5) is 8.78 Å². The fraction of sp³-hybridized carbons (Fsp3) is 0.267. The van der Waals surface area contributed by atoms with Gasteiger partial charge in [-0.2, -0.15) is 0 Å². The summed E-state index contributed by atoms with van der Waals surface area (Å²) in [5.41, 5.74) is 2.06.